The van der Waals surface area contributed by atoms with Crippen molar-refractivity contribution in [3.8, 4) is 0 Å². The van der Waals surface area contributed by atoms with Crippen LogP contribution in [-0.2, 0) is 11.2 Å². The average Bonchev–Trinajstić information content (AvgIpc) is 2.79. The fourth-order valence-corrected chi connectivity index (χ4v) is 2.41. The zero-order chi connectivity index (χ0) is 13.3. The van der Waals surface area contributed by atoms with Gasteiger partial charge in [-0.1, -0.05) is 12.1 Å². The summed E-state index contributed by atoms with van der Waals surface area (Å²) >= 11 is 5.52. The van der Waals surface area contributed by atoms with E-state index in [1.165, 1.54) is 6.92 Å². The van der Waals surface area contributed by atoms with Crippen molar-refractivity contribution < 1.29 is 15.0 Å². The first-order valence-corrected chi connectivity index (χ1v) is 6.41. The van der Waals surface area contributed by atoms with Gasteiger partial charge in [-0.3, -0.25) is 4.79 Å². The van der Waals surface area contributed by atoms with Crippen LogP contribution < -0.4 is 4.90 Å². The number of carbonyl (C=O) groups excluding carboxylic acids is 1. The Morgan fingerprint density at radius 1 is 1.50 bits per heavy atom. The average molecular weight is 270 g/mol. The maximum absolute atomic E-state index is 11.4. The van der Waals surface area contributed by atoms with E-state index in [2.05, 4.69) is 0 Å². The summed E-state index contributed by atoms with van der Waals surface area (Å²) in [6.07, 6.45) is -1.19. The van der Waals surface area contributed by atoms with Crippen molar-refractivity contribution in [2.75, 3.05) is 17.3 Å². The van der Waals surface area contributed by atoms with Crippen LogP contribution in [-0.4, -0.2) is 34.6 Å². The smallest absolute Gasteiger partial charge is 0.223 e. The predicted molar refractivity (Wildman–Crippen MR) is 69.9 cm³/mol. The van der Waals surface area contributed by atoms with Gasteiger partial charge in [0.2, 0.25) is 5.91 Å². The Labute approximate surface area is 111 Å². The number of hydrogen-bond donors (Lipinski definition) is 2. The number of amides is 1. The molecule has 2 atom stereocenters. The van der Waals surface area contributed by atoms with Gasteiger partial charge in [-0.25, -0.2) is 0 Å². The number of rotatable bonds is 3. The second-order valence-electron chi connectivity index (χ2n) is 4.48. The van der Waals surface area contributed by atoms with E-state index in [-0.39, 0.29) is 11.8 Å². The van der Waals surface area contributed by atoms with Crippen LogP contribution in [0.2, 0.25) is 0 Å². The van der Waals surface area contributed by atoms with Gasteiger partial charge in [0.1, 0.15) is 6.10 Å². The third kappa shape index (κ3) is 2.36. The van der Waals surface area contributed by atoms with Gasteiger partial charge in [-0.05, 0) is 23.6 Å². The minimum absolute atomic E-state index is 0.0160. The first-order valence-electron chi connectivity index (χ1n) is 5.87. The molecule has 1 aromatic rings. The highest BCUT2D eigenvalue weighted by molar-refractivity contribution is 6.18. The molecule has 1 amide bonds. The molecule has 5 heteroatoms. The molecule has 18 heavy (non-hydrogen) atoms. The van der Waals surface area contributed by atoms with Crippen LogP contribution >= 0.6 is 11.6 Å². The van der Waals surface area contributed by atoms with Crippen LogP contribution in [0.25, 0.3) is 0 Å². The summed E-state index contributed by atoms with van der Waals surface area (Å²) in [7, 11) is 0. The van der Waals surface area contributed by atoms with E-state index in [1.807, 2.05) is 12.1 Å². The Morgan fingerprint density at radius 2 is 2.22 bits per heavy atom. The van der Waals surface area contributed by atoms with Crippen molar-refractivity contribution in [3.63, 3.8) is 0 Å². The zero-order valence-electron chi connectivity index (χ0n) is 10.1. The third-order valence-electron chi connectivity index (χ3n) is 3.24. The molecule has 0 bridgehead atoms. The number of alkyl halides is 1. The number of halogens is 1. The Hall–Kier alpha value is -1.10. The van der Waals surface area contributed by atoms with Crippen molar-refractivity contribution >= 4 is 23.2 Å². The topological polar surface area (TPSA) is 60.8 Å². The molecular formula is C13H16ClNO3. The van der Waals surface area contributed by atoms with E-state index in [0.717, 1.165) is 17.7 Å². The van der Waals surface area contributed by atoms with Gasteiger partial charge in [-0.2, -0.15) is 0 Å². The molecule has 0 spiro atoms. The van der Waals surface area contributed by atoms with Gasteiger partial charge in [0, 0.05) is 19.2 Å². The monoisotopic (exact) mass is 269 g/mol. The summed E-state index contributed by atoms with van der Waals surface area (Å²) in [5.41, 5.74) is 2.54. The van der Waals surface area contributed by atoms with Crippen molar-refractivity contribution in [1.29, 1.82) is 0 Å². The van der Waals surface area contributed by atoms with Crippen LogP contribution in [0.1, 0.15) is 24.2 Å². The van der Waals surface area contributed by atoms with Gasteiger partial charge in [0.05, 0.1) is 12.0 Å². The minimum atomic E-state index is -0.987. The van der Waals surface area contributed by atoms with Gasteiger partial charge >= 0.3 is 0 Å². The van der Waals surface area contributed by atoms with Gasteiger partial charge in [-0.15, -0.1) is 11.6 Å². The molecule has 0 aromatic heterocycles. The number of benzene rings is 1. The lowest BCUT2D eigenvalue weighted by molar-refractivity contribution is -0.116. The fourth-order valence-electron chi connectivity index (χ4n) is 2.24. The van der Waals surface area contributed by atoms with E-state index in [0.29, 0.717) is 12.1 Å². The van der Waals surface area contributed by atoms with Crippen LogP contribution in [0, 0.1) is 0 Å². The highest BCUT2D eigenvalue weighted by Crippen LogP contribution is 2.31. The second-order valence-corrected chi connectivity index (χ2v) is 4.78. The van der Waals surface area contributed by atoms with Crippen molar-refractivity contribution in [1.82, 2.24) is 0 Å². The maximum Gasteiger partial charge on any atom is 0.223 e. The van der Waals surface area contributed by atoms with Crippen LogP contribution in [0.5, 0.6) is 0 Å². The van der Waals surface area contributed by atoms with Crippen LogP contribution in [0.3, 0.4) is 0 Å². The number of anilines is 1. The van der Waals surface area contributed by atoms with Gasteiger partial charge in [0.25, 0.3) is 0 Å². The summed E-state index contributed by atoms with van der Waals surface area (Å²) in [5.74, 6) is 0.000471. The predicted octanol–water partition coefficient (Wildman–Crippen LogP) is 1.23. The highest BCUT2D eigenvalue weighted by Gasteiger charge is 2.24. The van der Waals surface area contributed by atoms with Crippen LogP contribution in [0.15, 0.2) is 18.2 Å². The molecule has 0 fully saturated rings. The number of aliphatic hydroxyl groups excluding tert-OH is 2. The Morgan fingerprint density at radius 3 is 2.83 bits per heavy atom. The van der Waals surface area contributed by atoms with Gasteiger partial charge in [0.15, 0.2) is 0 Å². The first-order chi connectivity index (χ1) is 8.54. The van der Waals surface area contributed by atoms with E-state index in [9.17, 15) is 15.0 Å². The normalized spacial score (nSPS) is 17.4. The quantitative estimate of drug-likeness (QED) is 0.812. The van der Waals surface area contributed by atoms with Gasteiger partial charge < -0.3 is 15.1 Å². The lowest BCUT2D eigenvalue weighted by Gasteiger charge is -2.18. The number of fused-ring (bicyclic) bond motifs is 1. The Balaban J connectivity index is 2.27. The molecule has 1 aromatic carbocycles. The number of hydrogen-bond acceptors (Lipinski definition) is 3. The molecule has 0 saturated carbocycles. The standard InChI is InChI=1S/C13H16ClNO3/c1-8(16)15-5-4-9-6-10(2-3-11(9)15)13(18)12(17)7-14/h2-3,6,12-13,17-18H,4-5,7H2,1H3. The van der Waals surface area contributed by atoms with Crippen LogP contribution in [0.4, 0.5) is 5.69 Å². The van der Waals surface area contributed by atoms with E-state index in [1.54, 1.807) is 11.0 Å². The summed E-state index contributed by atoms with van der Waals surface area (Å²) < 4.78 is 0. The molecule has 2 N–H and O–H groups in total. The molecule has 98 valence electrons. The lowest BCUT2D eigenvalue weighted by atomic mass is 10.0. The molecule has 2 rings (SSSR count). The summed E-state index contributed by atoms with van der Waals surface area (Å²) in [5, 5.41) is 19.4. The van der Waals surface area contributed by atoms with E-state index >= 15 is 0 Å². The third-order valence-corrected chi connectivity index (χ3v) is 3.56. The molecular weight excluding hydrogens is 254 g/mol. The molecule has 4 nitrogen and oxygen atoms in total. The molecule has 2 unspecified atom stereocenters. The largest absolute Gasteiger partial charge is 0.389 e. The molecule has 0 radical (unpaired) electrons. The molecule has 1 aliphatic rings. The number of carbonyl (C=O) groups is 1. The lowest BCUT2D eigenvalue weighted by Crippen LogP contribution is -2.25. The Kier molecular flexibility index (Phi) is 3.90. The summed E-state index contributed by atoms with van der Waals surface area (Å²) in [6, 6.07) is 5.36. The fraction of sp³-hybridized carbons (Fsp3) is 0.462. The summed E-state index contributed by atoms with van der Waals surface area (Å²) in [4.78, 5) is 13.1. The Bertz CT molecular complexity index is 464. The number of nitrogens with zero attached hydrogens (tertiary/aromatic N) is 1. The van der Waals surface area contributed by atoms with Crippen molar-refractivity contribution in [2.45, 2.75) is 25.6 Å². The SMILES string of the molecule is CC(=O)N1CCc2cc(C(O)C(O)CCl)ccc21. The first kappa shape index (κ1) is 13.3. The van der Waals surface area contributed by atoms with E-state index < -0.39 is 12.2 Å². The number of aliphatic hydroxyl groups is 2. The summed E-state index contributed by atoms with van der Waals surface area (Å²) in [6.45, 7) is 2.21. The minimum Gasteiger partial charge on any atom is -0.389 e. The highest BCUT2D eigenvalue weighted by atomic mass is 35.5. The van der Waals surface area contributed by atoms with Crippen molar-refractivity contribution in [2.24, 2.45) is 0 Å². The van der Waals surface area contributed by atoms with E-state index in [4.69, 9.17) is 11.6 Å². The second kappa shape index (κ2) is 5.26. The maximum atomic E-state index is 11.4. The molecule has 1 aliphatic heterocycles. The molecule has 1 heterocycles. The molecule has 0 aliphatic carbocycles. The van der Waals surface area contributed by atoms with Crippen molar-refractivity contribution in [3.05, 3.63) is 29.3 Å². The molecule has 0 saturated heterocycles. The zero-order valence-corrected chi connectivity index (χ0v) is 10.9.